The Morgan fingerprint density at radius 2 is 2.13 bits per heavy atom. The number of aromatic nitrogens is 2. The molecule has 0 saturated carbocycles. The van der Waals surface area contributed by atoms with E-state index in [0.29, 0.717) is 5.56 Å². The number of hydrogen-bond donors (Lipinski definition) is 1. The Bertz CT molecular complexity index is 698. The molecule has 0 atom stereocenters. The van der Waals surface area contributed by atoms with E-state index in [1.165, 1.54) is 29.2 Å². The fourth-order valence-corrected chi connectivity index (χ4v) is 1.89. The lowest BCUT2D eigenvalue weighted by molar-refractivity contribution is -0.274. The number of alkyl halides is 3. The van der Waals surface area contributed by atoms with Gasteiger partial charge in [0.1, 0.15) is 18.0 Å². The molecule has 0 fully saturated rings. The number of aromatic hydroxyl groups is 1. The van der Waals surface area contributed by atoms with Crippen molar-refractivity contribution in [2.24, 2.45) is 0 Å². The third-order valence-corrected chi connectivity index (χ3v) is 2.73. The highest BCUT2D eigenvalue weighted by Gasteiger charge is 2.32. The number of phenolic OH excluding ortho intramolecular Hbond substituents is 1. The number of ether oxygens (including phenoxy) is 2. The normalized spacial score (nSPS) is 11.3. The number of benzene rings is 1. The predicted molar refractivity (Wildman–Crippen MR) is 72.6 cm³/mol. The SMILES string of the molecule is CCOC(=O)Cn1cc(-c2ccc(O)cc2OC(F)(F)F)cn1. The second kappa shape index (κ2) is 6.59. The third-order valence-electron chi connectivity index (χ3n) is 2.73. The van der Waals surface area contributed by atoms with E-state index >= 15 is 0 Å². The zero-order chi connectivity index (χ0) is 17.0. The lowest BCUT2D eigenvalue weighted by Crippen LogP contribution is -2.17. The summed E-state index contributed by atoms with van der Waals surface area (Å²) >= 11 is 0. The maximum Gasteiger partial charge on any atom is 0.573 e. The van der Waals surface area contributed by atoms with E-state index in [9.17, 15) is 23.1 Å². The first-order valence-corrected chi connectivity index (χ1v) is 6.55. The van der Waals surface area contributed by atoms with Gasteiger partial charge in [-0.25, -0.2) is 0 Å². The highest BCUT2D eigenvalue weighted by molar-refractivity contribution is 5.72. The number of phenols is 1. The predicted octanol–water partition coefficient (Wildman–Crippen LogP) is 2.72. The second-order valence-corrected chi connectivity index (χ2v) is 4.46. The molecule has 0 amide bonds. The molecule has 0 aliphatic rings. The molecule has 1 aromatic carbocycles. The average molecular weight is 330 g/mol. The van der Waals surface area contributed by atoms with Gasteiger partial charge >= 0.3 is 12.3 Å². The van der Waals surface area contributed by atoms with Crippen molar-refractivity contribution in [1.29, 1.82) is 0 Å². The van der Waals surface area contributed by atoms with Gasteiger partial charge in [-0.3, -0.25) is 9.48 Å². The molecule has 2 aromatic rings. The van der Waals surface area contributed by atoms with E-state index in [-0.39, 0.29) is 24.5 Å². The van der Waals surface area contributed by atoms with Gasteiger partial charge in [-0.15, -0.1) is 13.2 Å². The van der Waals surface area contributed by atoms with Gasteiger partial charge < -0.3 is 14.6 Å². The molecule has 0 aliphatic carbocycles. The van der Waals surface area contributed by atoms with Gasteiger partial charge in [0.15, 0.2) is 0 Å². The quantitative estimate of drug-likeness (QED) is 0.853. The van der Waals surface area contributed by atoms with Gasteiger partial charge in [0.2, 0.25) is 0 Å². The zero-order valence-corrected chi connectivity index (χ0v) is 12.0. The van der Waals surface area contributed by atoms with Crippen molar-refractivity contribution < 1.29 is 32.5 Å². The van der Waals surface area contributed by atoms with Gasteiger partial charge in [0, 0.05) is 23.4 Å². The van der Waals surface area contributed by atoms with E-state index in [1.807, 2.05) is 0 Å². The van der Waals surface area contributed by atoms with Gasteiger partial charge in [-0.1, -0.05) is 0 Å². The Kier molecular flexibility index (Phi) is 4.77. The Morgan fingerprint density at radius 1 is 1.39 bits per heavy atom. The number of rotatable bonds is 5. The van der Waals surface area contributed by atoms with E-state index in [0.717, 1.165) is 6.07 Å². The van der Waals surface area contributed by atoms with Crippen molar-refractivity contribution in [2.45, 2.75) is 19.8 Å². The van der Waals surface area contributed by atoms with Crippen LogP contribution in [0.25, 0.3) is 11.1 Å². The van der Waals surface area contributed by atoms with E-state index in [1.54, 1.807) is 6.92 Å². The number of carbonyl (C=O) groups is 1. The number of nitrogens with zero attached hydrogens (tertiary/aromatic N) is 2. The van der Waals surface area contributed by atoms with E-state index < -0.39 is 18.1 Å². The molecular formula is C14H13F3N2O4. The fourth-order valence-electron chi connectivity index (χ4n) is 1.89. The van der Waals surface area contributed by atoms with Crippen LogP contribution in [0.4, 0.5) is 13.2 Å². The summed E-state index contributed by atoms with van der Waals surface area (Å²) in [5.74, 6) is -1.44. The molecule has 0 bridgehead atoms. The zero-order valence-electron chi connectivity index (χ0n) is 12.0. The molecule has 9 heteroatoms. The van der Waals surface area contributed by atoms with Crippen molar-refractivity contribution >= 4 is 5.97 Å². The summed E-state index contributed by atoms with van der Waals surface area (Å²) in [6, 6.07) is 3.34. The van der Waals surface area contributed by atoms with Crippen LogP contribution in [-0.4, -0.2) is 33.8 Å². The topological polar surface area (TPSA) is 73.6 Å². The lowest BCUT2D eigenvalue weighted by Gasteiger charge is -2.12. The first kappa shape index (κ1) is 16.7. The lowest BCUT2D eigenvalue weighted by atomic mass is 10.1. The smallest absolute Gasteiger partial charge is 0.508 e. The van der Waals surface area contributed by atoms with Gasteiger partial charge in [-0.05, 0) is 19.1 Å². The maximum atomic E-state index is 12.4. The molecule has 23 heavy (non-hydrogen) atoms. The highest BCUT2D eigenvalue weighted by atomic mass is 19.4. The molecule has 6 nitrogen and oxygen atoms in total. The molecular weight excluding hydrogens is 317 g/mol. The summed E-state index contributed by atoms with van der Waals surface area (Å²) in [7, 11) is 0. The summed E-state index contributed by atoms with van der Waals surface area (Å²) in [6.45, 7) is 1.71. The summed E-state index contributed by atoms with van der Waals surface area (Å²) in [5, 5.41) is 13.2. The van der Waals surface area contributed by atoms with Crippen LogP contribution in [0, 0.1) is 0 Å². The summed E-state index contributed by atoms with van der Waals surface area (Å²) in [4.78, 5) is 11.4. The number of hydrogen-bond acceptors (Lipinski definition) is 5. The molecule has 124 valence electrons. The largest absolute Gasteiger partial charge is 0.573 e. The van der Waals surface area contributed by atoms with Gasteiger partial charge in [-0.2, -0.15) is 5.10 Å². The van der Waals surface area contributed by atoms with Crippen molar-refractivity contribution in [1.82, 2.24) is 9.78 Å². The summed E-state index contributed by atoms with van der Waals surface area (Å²) < 4.78 is 47.2. The molecule has 1 N–H and O–H groups in total. The van der Waals surface area contributed by atoms with Gasteiger partial charge in [0.05, 0.1) is 12.8 Å². The third kappa shape index (κ3) is 4.63. The summed E-state index contributed by atoms with van der Waals surface area (Å²) in [6.07, 6.45) is -2.23. The maximum absolute atomic E-state index is 12.4. The Labute approximate surface area is 129 Å². The van der Waals surface area contributed by atoms with Crippen LogP contribution in [0.15, 0.2) is 30.6 Å². The van der Waals surface area contributed by atoms with Crippen LogP contribution in [-0.2, 0) is 16.1 Å². The fraction of sp³-hybridized carbons (Fsp3) is 0.286. The second-order valence-electron chi connectivity index (χ2n) is 4.46. The molecule has 0 saturated heterocycles. The van der Waals surface area contributed by atoms with Crippen LogP contribution in [0.5, 0.6) is 11.5 Å². The minimum absolute atomic E-state index is 0.0789. The van der Waals surface area contributed by atoms with Crippen molar-refractivity contribution in [3.05, 3.63) is 30.6 Å². The minimum atomic E-state index is -4.90. The first-order chi connectivity index (χ1) is 10.8. The van der Waals surface area contributed by atoms with Crippen LogP contribution in [0.3, 0.4) is 0 Å². The molecule has 0 aliphatic heterocycles. The Balaban J connectivity index is 2.28. The van der Waals surface area contributed by atoms with Crippen LogP contribution in [0.2, 0.25) is 0 Å². The first-order valence-electron chi connectivity index (χ1n) is 6.55. The Morgan fingerprint density at radius 3 is 2.78 bits per heavy atom. The number of carbonyl (C=O) groups excluding carboxylic acids is 1. The monoisotopic (exact) mass is 330 g/mol. The van der Waals surface area contributed by atoms with Crippen molar-refractivity contribution in [3.8, 4) is 22.6 Å². The molecule has 2 rings (SSSR count). The number of halogens is 3. The average Bonchev–Trinajstić information content (AvgIpc) is 2.85. The van der Waals surface area contributed by atoms with E-state index in [2.05, 4.69) is 9.84 Å². The highest BCUT2D eigenvalue weighted by Crippen LogP contribution is 2.36. The molecule has 0 unspecified atom stereocenters. The van der Waals surface area contributed by atoms with Gasteiger partial charge in [0.25, 0.3) is 0 Å². The van der Waals surface area contributed by atoms with Crippen LogP contribution in [0.1, 0.15) is 6.92 Å². The van der Waals surface area contributed by atoms with Crippen molar-refractivity contribution in [3.63, 3.8) is 0 Å². The standard InChI is InChI=1S/C14H13F3N2O4/c1-2-22-13(21)8-19-7-9(6-18-19)11-4-3-10(20)5-12(11)23-14(15,16)17/h3-7,20H,2,8H2,1H3. The molecule has 1 heterocycles. The number of esters is 1. The summed E-state index contributed by atoms with van der Waals surface area (Å²) in [5.41, 5.74) is 0.379. The molecule has 1 aromatic heterocycles. The molecule has 0 spiro atoms. The van der Waals surface area contributed by atoms with Crippen LogP contribution < -0.4 is 4.74 Å². The molecule has 0 radical (unpaired) electrons. The Hall–Kier alpha value is -2.71. The van der Waals surface area contributed by atoms with Crippen LogP contribution >= 0.6 is 0 Å². The van der Waals surface area contributed by atoms with Crippen molar-refractivity contribution in [2.75, 3.05) is 6.61 Å². The minimum Gasteiger partial charge on any atom is -0.508 e. The van der Waals surface area contributed by atoms with E-state index in [4.69, 9.17) is 4.74 Å².